The number of amides is 2. The lowest BCUT2D eigenvalue weighted by molar-refractivity contribution is -0.125. The summed E-state index contributed by atoms with van der Waals surface area (Å²) in [6, 6.07) is 25.2. The topological polar surface area (TPSA) is 147 Å². The summed E-state index contributed by atoms with van der Waals surface area (Å²) in [5.41, 5.74) is 3.00. The van der Waals surface area contributed by atoms with Crippen molar-refractivity contribution in [1.82, 2.24) is 15.6 Å². The molecule has 12 heteroatoms. The van der Waals surface area contributed by atoms with Crippen molar-refractivity contribution < 1.29 is 27.3 Å². The smallest absolute Gasteiger partial charge is 0.407 e. The van der Waals surface area contributed by atoms with Gasteiger partial charge in [0.2, 0.25) is 5.91 Å². The maximum absolute atomic E-state index is 13.9. The van der Waals surface area contributed by atoms with Gasteiger partial charge in [0.1, 0.15) is 10.6 Å². The van der Waals surface area contributed by atoms with Gasteiger partial charge in [0.15, 0.2) is 0 Å². The van der Waals surface area contributed by atoms with Gasteiger partial charge >= 0.3 is 16.4 Å². The molecule has 44 heavy (non-hydrogen) atoms. The summed E-state index contributed by atoms with van der Waals surface area (Å²) in [7, 11) is -4.41. The number of benzene rings is 3. The molecule has 10 nitrogen and oxygen atoms in total. The van der Waals surface area contributed by atoms with E-state index in [1.807, 2.05) is 70.8 Å². The summed E-state index contributed by atoms with van der Waals surface area (Å²) >= 11 is 1.42. The van der Waals surface area contributed by atoms with Crippen LogP contribution in [-0.4, -0.2) is 42.1 Å². The minimum Gasteiger partial charge on any atom is -0.444 e. The number of carbonyl (C=O) groups is 2. The SMILES string of the molecule is CC(C)(C)OC(=O)NCC(Cc1ccccc1)C(=O)NC(Cc1ccc(NS(=O)(=O)O)cc1)c1nc(-c2ccccc2)cs1. The Morgan fingerprint density at radius 3 is 2.14 bits per heavy atom. The number of rotatable bonds is 12. The highest BCUT2D eigenvalue weighted by Crippen LogP contribution is 2.28. The van der Waals surface area contributed by atoms with E-state index in [2.05, 4.69) is 10.6 Å². The quantitative estimate of drug-likeness (QED) is 0.144. The number of nitrogens with one attached hydrogen (secondary N) is 3. The molecule has 2 amide bonds. The van der Waals surface area contributed by atoms with E-state index in [9.17, 15) is 18.0 Å². The highest BCUT2D eigenvalue weighted by molar-refractivity contribution is 7.87. The molecular formula is C32H36N4O6S2. The van der Waals surface area contributed by atoms with Gasteiger partial charge in [-0.3, -0.25) is 14.1 Å². The molecule has 4 rings (SSSR count). The zero-order valence-electron chi connectivity index (χ0n) is 24.7. The fraction of sp³-hybridized carbons (Fsp3) is 0.281. The van der Waals surface area contributed by atoms with E-state index < -0.39 is 34.0 Å². The number of anilines is 1. The summed E-state index contributed by atoms with van der Waals surface area (Å²) in [5.74, 6) is -0.877. The zero-order valence-corrected chi connectivity index (χ0v) is 26.3. The first-order chi connectivity index (χ1) is 20.8. The number of hydrogen-bond acceptors (Lipinski definition) is 7. The van der Waals surface area contributed by atoms with Gasteiger partial charge in [-0.1, -0.05) is 72.8 Å². The molecule has 0 aliphatic heterocycles. The maximum Gasteiger partial charge on any atom is 0.407 e. The zero-order chi connectivity index (χ0) is 31.7. The van der Waals surface area contributed by atoms with Gasteiger partial charge in [0, 0.05) is 17.5 Å². The van der Waals surface area contributed by atoms with Crippen molar-refractivity contribution >= 4 is 39.3 Å². The van der Waals surface area contributed by atoms with Crippen LogP contribution in [0.1, 0.15) is 42.9 Å². The Kier molecular flexibility index (Phi) is 10.7. The molecule has 2 unspecified atom stereocenters. The molecule has 4 aromatic rings. The van der Waals surface area contributed by atoms with Crippen molar-refractivity contribution in [3.05, 3.63) is 106 Å². The van der Waals surface area contributed by atoms with Gasteiger partial charge in [-0.2, -0.15) is 8.42 Å². The van der Waals surface area contributed by atoms with E-state index in [0.717, 1.165) is 22.4 Å². The minimum absolute atomic E-state index is 0.0610. The van der Waals surface area contributed by atoms with Crippen LogP contribution in [0.2, 0.25) is 0 Å². The molecule has 0 fully saturated rings. The van der Waals surface area contributed by atoms with E-state index in [0.29, 0.717) is 17.8 Å². The van der Waals surface area contributed by atoms with Crippen LogP contribution in [0.3, 0.4) is 0 Å². The van der Waals surface area contributed by atoms with Crippen molar-refractivity contribution in [2.45, 2.75) is 45.3 Å². The third-order valence-corrected chi connectivity index (χ3v) is 7.89. The Bertz CT molecular complexity index is 1640. The van der Waals surface area contributed by atoms with E-state index in [1.54, 1.807) is 32.9 Å². The number of thiazole rings is 1. The van der Waals surface area contributed by atoms with Crippen LogP contribution >= 0.6 is 11.3 Å². The molecule has 1 aromatic heterocycles. The lowest BCUT2D eigenvalue weighted by Crippen LogP contribution is -2.43. The van der Waals surface area contributed by atoms with Crippen LogP contribution in [0.15, 0.2) is 90.3 Å². The van der Waals surface area contributed by atoms with Gasteiger partial charge in [-0.05, 0) is 56.9 Å². The highest BCUT2D eigenvalue weighted by atomic mass is 32.2. The largest absolute Gasteiger partial charge is 0.444 e. The maximum atomic E-state index is 13.9. The normalized spacial score (nSPS) is 13.0. The van der Waals surface area contributed by atoms with Gasteiger partial charge < -0.3 is 15.4 Å². The van der Waals surface area contributed by atoms with E-state index in [-0.39, 0.29) is 18.1 Å². The van der Waals surface area contributed by atoms with Crippen LogP contribution in [0.25, 0.3) is 11.3 Å². The van der Waals surface area contributed by atoms with Crippen molar-refractivity contribution in [2.75, 3.05) is 11.3 Å². The summed E-state index contributed by atoms with van der Waals surface area (Å²) in [6.45, 7) is 5.38. The van der Waals surface area contributed by atoms with E-state index >= 15 is 0 Å². The van der Waals surface area contributed by atoms with Gasteiger partial charge in [-0.25, -0.2) is 9.78 Å². The first kappa shape index (κ1) is 32.6. The van der Waals surface area contributed by atoms with Crippen molar-refractivity contribution in [1.29, 1.82) is 0 Å². The Morgan fingerprint density at radius 2 is 1.52 bits per heavy atom. The Morgan fingerprint density at radius 1 is 0.909 bits per heavy atom. The van der Waals surface area contributed by atoms with Crippen LogP contribution in [0, 0.1) is 5.92 Å². The Balaban J connectivity index is 1.58. The lowest BCUT2D eigenvalue weighted by Gasteiger charge is -2.24. The third kappa shape index (κ3) is 10.5. The Hall–Kier alpha value is -4.26. The molecule has 0 spiro atoms. The number of hydrogen-bond donors (Lipinski definition) is 4. The molecule has 0 aliphatic carbocycles. The first-order valence-electron chi connectivity index (χ1n) is 14.0. The summed E-state index contributed by atoms with van der Waals surface area (Å²) in [5, 5.41) is 8.53. The lowest BCUT2D eigenvalue weighted by atomic mass is 9.97. The second kappa shape index (κ2) is 14.5. The molecular weight excluding hydrogens is 601 g/mol. The first-order valence-corrected chi connectivity index (χ1v) is 16.3. The van der Waals surface area contributed by atoms with Crippen LogP contribution in [-0.2, 0) is 32.7 Å². The van der Waals surface area contributed by atoms with Crippen molar-refractivity contribution in [3.8, 4) is 11.3 Å². The number of carbonyl (C=O) groups excluding carboxylic acids is 2. The van der Waals surface area contributed by atoms with Gasteiger partial charge in [0.05, 0.1) is 23.3 Å². The monoisotopic (exact) mass is 636 g/mol. The second-order valence-electron chi connectivity index (χ2n) is 11.2. The summed E-state index contributed by atoms with van der Waals surface area (Å²) in [4.78, 5) is 31.2. The molecule has 2 atom stereocenters. The number of nitrogens with zero attached hydrogens (tertiary/aromatic N) is 1. The van der Waals surface area contributed by atoms with E-state index in [1.165, 1.54) is 23.5 Å². The molecule has 0 radical (unpaired) electrons. The summed E-state index contributed by atoms with van der Waals surface area (Å²) < 4.78 is 38.9. The molecule has 0 saturated heterocycles. The van der Waals surface area contributed by atoms with Crippen LogP contribution in [0.5, 0.6) is 0 Å². The van der Waals surface area contributed by atoms with Crippen molar-refractivity contribution in [3.63, 3.8) is 0 Å². The van der Waals surface area contributed by atoms with Crippen LogP contribution in [0.4, 0.5) is 10.5 Å². The average Bonchev–Trinajstić information content (AvgIpc) is 3.46. The van der Waals surface area contributed by atoms with E-state index in [4.69, 9.17) is 14.3 Å². The second-order valence-corrected chi connectivity index (χ2v) is 13.3. The average molecular weight is 637 g/mol. The highest BCUT2D eigenvalue weighted by Gasteiger charge is 2.26. The summed E-state index contributed by atoms with van der Waals surface area (Å²) in [6.07, 6.45) is 0.140. The van der Waals surface area contributed by atoms with Gasteiger partial charge in [0.25, 0.3) is 0 Å². The fourth-order valence-electron chi connectivity index (χ4n) is 4.45. The molecule has 0 saturated carbocycles. The Labute approximate surface area is 261 Å². The third-order valence-electron chi connectivity index (χ3n) is 6.43. The molecule has 4 N–H and O–H groups in total. The predicted octanol–water partition coefficient (Wildman–Crippen LogP) is 5.81. The standard InChI is InChI=1S/C32H36N4O6S2/c1-32(2,3)42-31(38)33-20-25(18-22-10-6-4-7-11-22)29(37)34-27(19-23-14-16-26(17-15-23)36-44(39,40)41)30-35-28(21-43-30)24-12-8-5-9-13-24/h4-17,21,25,27,36H,18-20H2,1-3H3,(H,33,38)(H,34,37)(H,39,40,41). The molecule has 0 bridgehead atoms. The van der Waals surface area contributed by atoms with Crippen molar-refractivity contribution in [2.24, 2.45) is 5.92 Å². The number of ether oxygens (including phenoxy) is 1. The predicted molar refractivity (Wildman–Crippen MR) is 172 cm³/mol. The number of aromatic nitrogens is 1. The molecule has 1 heterocycles. The molecule has 3 aromatic carbocycles. The fourth-order valence-corrected chi connectivity index (χ4v) is 5.76. The number of alkyl carbamates (subject to hydrolysis) is 1. The van der Waals surface area contributed by atoms with Gasteiger partial charge in [-0.15, -0.1) is 11.3 Å². The molecule has 232 valence electrons. The van der Waals surface area contributed by atoms with Crippen LogP contribution < -0.4 is 15.4 Å². The molecule has 0 aliphatic rings. The minimum atomic E-state index is -4.41.